The zero-order valence-electron chi connectivity index (χ0n) is 23.3. The van der Waals surface area contributed by atoms with Crippen molar-refractivity contribution >= 4 is 33.2 Å². The molecule has 13 heteroatoms. The summed E-state index contributed by atoms with van der Waals surface area (Å²) < 4.78 is 90.0. The van der Waals surface area contributed by atoms with Gasteiger partial charge in [0.15, 0.2) is 5.28 Å². The predicted octanol–water partition coefficient (Wildman–Crippen LogP) is 5.43. The highest BCUT2D eigenvalue weighted by Crippen LogP contribution is 2.67. The Labute approximate surface area is 246 Å². The quantitative estimate of drug-likeness (QED) is 0.244. The lowest BCUT2D eigenvalue weighted by Crippen LogP contribution is -2.48. The molecule has 3 aromatic rings. The van der Waals surface area contributed by atoms with Crippen molar-refractivity contribution in [2.75, 3.05) is 20.3 Å². The molecular weight excluding hydrogens is 601 g/mol. The Hall–Kier alpha value is -3.12. The fraction of sp³-hybridized carbons (Fsp3) is 0.276. The molecular formula is C29H32NO9PS2. The van der Waals surface area contributed by atoms with Crippen LogP contribution in [-0.4, -0.2) is 42.9 Å². The van der Waals surface area contributed by atoms with E-state index in [9.17, 15) is 26.2 Å². The van der Waals surface area contributed by atoms with Gasteiger partial charge in [-0.2, -0.15) is 4.72 Å². The largest absolute Gasteiger partial charge is 0.497 e. The smallest absolute Gasteiger partial charge is 0.360 e. The van der Waals surface area contributed by atoms with Crippen molar-refractivity contribution in [1.29, 1.82) is 0 Å². The van der Waals surface area contributed by atoms with Gasteiger partial charge in [0, 0.05) is 11.1 Å². The van der Waals surface area contributed by atoms with Crippen LogP contribution in [0.1, 0.15) is 42.6 Å². The van der Waals surface area contributed by atoms with E-state index in [0.717, 1.165) is 6.08 Å². The molecule has 0 spiro atoms. The standard InChI is InChI=1S/C29H32NO9PS2/c1-4-19-38-40(32,39-20-5-2)29(30-42(35,36)24-17-15-22(37-3)16-18-24)21-27(28(31)25-13-9-10-14-26(25)29)41(33,34)23-11-7-6-8-12-23/h6-18,21,30H,4-5,19-20H2,1-3H3. The number of nitrogens with one attached hydrogen (secondary N) is 1. The van der Waals surface area contributed by atoms with Crippen molar-refractivity contribution in [3.05, 3.63) is 101 Å². The Kier molecular flexibility index (Phi) is 9.56. The number of carbonyl (C=O) groups excluding carboxylic acids is 1. The average Bonchev–Trinajstić information content (AvgIpc) is 3.00. The molecule has 4 rings (SSSR count). The van der Waals surface area contributed by atoms with E-state index in [0.29, 0.717) is 18.6 Å². The number of fused-ring (bicyclic) bond motifs is 1. The van der Waals surface area contributed by atoms with Crippen LogP contribution in [0.15, 0.2) is 99.6 Å². The summed E-state index contributed by atoms with van der Waals surface area (Å²) in [5.41, 5.74) is -0.220. The maximum atomic E-state index is 15.0. The molecule has 0 saturated carbocycles. The number of methoxy groups -OCH3 is 1. The summed E-state index contributed by atoms with van der Waals surface area (Å²) in [6.07, 6.45) is 1.66. The highest BCUT2D eigenvalue weighted by atomic mass is 32.2. The number of hydrogen-bond acceptors (Lipinski definition) is 9. The first-order valence-electron chi connectivity index (χ1n) is 13.2. The van der Waals surface area contributed by atoms with Gasteiger partial charge in [-0.1, -0.05) is 56.3 Å². The highest BCUT2D eigenvalue weighted by Gasteiger charge is 2.58. The number of sulfonamides is 1. The molecule has 0 aliphatic heterocycles. The van der Waals surface area contributed by atoms with Crippen LogP contribution in [0, 0.1) is 0 Å². The molecule has 0 heterocycles. The van der Waals surface area contributed by atoms with Crippen LogP contribution in [0.3, 0.4) is 0 Å². The SMILES string of the molecule is CCCOP(=O)(OCCC)C1(NS(=O)(=O)c2ccc(OC)cc2)C=C(S(=O)(=O)c2ccccc2)C(=O)c2ccccc21. The van der Waals surface area contributed by atoms with Crippen molar-refractivity contribution in [3.8, 4) is 5.75 Å². The minimum atomic E-state index is -4.66. The van der Waals surface area contributed by atoms with Crippen LogP contribution < -0.4 is 9.46 Å². The van der Waals surface area contributed by atoms with E-state index in [4.69, 9.17) is 13.8 Å². The molecule has 1 unspecified atom stereocenters. The normalized spacial score (nSPS) is 17.4. The van der Waals surface area contributed by atoms with Crippen molar-refractivity contribution in [2.45, 2.75) is 41.8 Å². The molecule has 3 aromatic carbocycles. The summed E-state index contributed by atoms with van der Waals surface area (Å²) in [4.78, 5) is 12.6. The van der Waals surface area contributed by atoms with Crippen LogP contribution in [0.4, 0.5) is 0 Å². The number of allylic oxidation sites excluding steroid dienone is 1. The molecule has 0 fully saturated rings. The Balaban J connectivity index is 2.08. The van der Waals surface area contributed by atoms with Crippen molar-refractivity contribution in [1.82, 2.24) is 4.72 Å². The molecule has 42 heavy (non-hydrogen) atoms. The van der Waals surface area contributed by atoms with Crippen LogP contribution in [0.2, 0.25) is 0 Å². The van der Waals surface area contributed by atoms with E-state index < -0.39 is 43.4 Å². The van der Waals surface area contributed by atoms with E-state index in [2.05, 4.69) is 4.72 Å². The number of sulfone groups is 1. The molecule has 10 nitrogen and oxygen atoms in total. The number of rotatable bonds is 13. The summed E-state index contributed by atoms with van der Waals surface area (Å²) in [5, 5.41) is -2.43. The van der Waals surface area contributed by atoms with Crippen molar-refractivity contribution in [3.63, 3.8) is 0 Å². The number of carbonyl (C=O) groups is 1. The maximum absolute atomic E-state index is 15.0. The van der Waals surface area contributed by atoms with Crippen LogP contribution in [0.25, 0.3) is 0 Å². The Morgan fingerprint density at radius 2 is 1.36 bits per heavy atom. The minimum absolute atomic E-state index is 0.0605. The first-order chi connectivity index (χ1) is 20.0. The zero-order valence-corrected chi connectivity index (χ0v) is 25.9. The van der Waals surface area contributed by atoms with Gasteiger partial charge >= 0.3 is 7.60 Å². The van der Waals surface area contributed by atoms with Gasteiger partial charge in [-0.05, 0) is 55.3 Å². The van der Waals surface area contributed by atoms with E-state index in [1.165, 1.54) is 79.9 Å². The average molecular weight is 634 g/mol. The van der Waals surface area contributed by atoms with E-state index in [-0.39, 0.29) is 34.1 Å². The molecule has 0 aromatic heterocycles. The Bertz CT molecular complexity index is 1730. The molecule has 0 bridgehead atoms. The molecule has 1 aliphatic carbocycles. The van der Waals surface area contributed by atoms with E-state index in [1.807, 2.05) is 0 Å². The first kappa shape index (κ1) is 31.8. The fourth-order valence-electron chi connectivity index (χ4n) is 4.45. The lowest BCUT2D eigenvalue weighted by molar-refractivity contribution is 0.103. The first-order valence-corrected chi connectivity index (χ1v) is 17.7. The third-order valence-electron chi connectivity index (χ3n) is 6.51. The van der Waals surface area contributed by atoms with Gasteiger partial charge in [-0.3, -0.25) is 9.36 Å². The van der Waals surface area contributed by atoms with E-state index >= 15 is 0 Å². The molecule has 1 N–H and O–H groups in total. The number of hydrogen-bond donors (Lipinski definition) is 1. The second-order valence-corrected chi connectivity index (χ2v) is 15.2. The topological polar surface area (TPSA) is 142 Å². The predicted molar refractivity (Wildman–Crippen MR) is 158 cm³/mol. The highest BCUT2D eigenvalue weighted by molar-refractivity contribution is 7.96. The number of ketones is 1. The number of Topliss-reactive ketones (excluding diaryl/α,β-unsaturated/α-hetero) is 1. The second-order valence-electron chi connectivity index (χ2n) is 9.41. The molecule has 0 amide bonds. The van der Waals surface area contributed by atoms with Gasteiger partial charge in [-0.25, -0.2) is 16.8 Å². The minimum Gasteiger partial charge on any atom is -0.497 e. The third kappa shape index (κ3) is 5.88. The Morgan fingerprint density at radius 1 is 0.786 bits per heavy atom. The number of ether oxygens (including phenoxy) is 1. The van der Waals surface area contributed by atoms with Crippen LogP contribution >= 0.6 is 7.60 Å². The summed E-state index contributed by atoms with van der Waals surface area (Å²) in [6.45, 7) is 3.32. The third-order valence-corrected chi connectivity index (χ3v) is 12.3. The summed E-state index contributed by atoms with van der Waals surface area (Å²) in [5.74, 6) is -0.483. The zero-order chi connectivity index (χ0) is 30.6. The van der Waals surface area contributed by atoms with Gasteiger partial charge in [0.1, 0.15) is 10.7 Å². The van der Waals surface area contributed by atoms with Crippen molar-refractivity contribution in [2.24, 2.45) is 0 Å². The van der Waals surface area contributed by atoms with Crippen LogP contribution in [0.5, 0.6) is 5.75 Å². The maximum Gasteiger partial charge on any atom is 0.360 e. The molecule has 1 atom stereocenters. The van der Waals surface area contributed by atoms with Crippen molar-refractivity contribution < 1.29 is 40.0 Å². The molecule has 224 valence electrons. The lowest BCUT2D eigenvalue weighted by Gasteiger charge is -2.40. The summed E-state index contributed by atoms with van der Waals surface area (Å²) in [6, 6.07) is 18.4. The molecule has 1 aliphatic rings. The van der Waals surface area contributed by atoms with E-state index in [1.54, 1.807) is 19.9 Å². The van der Waals surface area contributed by atoms with Gasteiger partial charge < -0.3 is 13.8 Å². The number of benzene rings is 3. The fourth-order valence-corrected chi connectivity index (χ4v) is 10.1. The lowest BCUT2D eigenvalue weighted by atomic mass is 9.92. The van der Waals surface area contributed by atoms with Crippen LogP contribution in [-0.2, 0) is 38.8 Å². The monoisotopic (exact) mass is 633 g/mol. The van der Waals surface area contributed by atoms with Gasteiger partial charge in [0.2, 0.25) is 25.6 Å². The molecule has 0 saturated heterocycles. The van der Waals surface area contributed by atoms with Gasteiger partial charge in [-0.15, -0.1) is 0 Å². The molecule has 0 radical (unpaired) electrons. The van der Waals surface area contributed by atoms with Gasteiger partial charge in [0.05, 0.1) is 30.1 Å². The summed E-state index contributed by atoms with van der Waals surface area (Å²) in [7, 11) is -12.3. The Morgan fingerprint density at radius 3 is 1.93 bits per heavy atom. The van der Waals surface area contributed by atoms with Gasteiger partial charge in [0.25, 0.3) is 0 Å². The second kappa shape index (κ2) is 12.6. The summed E-state index contributed by atoms with van der Waals surface area (Å²) >= 11 is 0.